The van der Waals surface area contributed by atoms with Crippen LogP contribution in [0.1, 0.15) is 25.3 Å². The molecule has 1 aromatic carbocycles. The number of piperidine rings is 1. The van der Waals surface area contributed by atoms with E-state index < -0.39 is 5.82 Å². The number of nitrogens with zero attached hydrogens (tertiary/aromatic N) is 4. The van der Waals surface area contributed by atoms with E-state index in [0.717, 1.165) is 18.9 Å². The molecule has 10 nitrogen and oxygen atoms in total. The van der Waals surface area contributed by atoms with Gasteiger partial charge in [0.15, 0.2) is 5.82 Å². The summed E-state index contributed by atoms with van der Waals surface area (Å²) in [4.78, 5) is 22.8. The van der Waals surface area contributed by atoms with E-state index in [-0.39, 0.29) is 64.4 Å². The number of carbonyl (C=O) groups is 1. The maximum Gasteiger partial charge on any atom is 0.409 e. The Balaban J connectivity index is 1.34. The van der Waals surface area contributed by atoms with Gasteiger partial charge in [-0.25, -0.2) is 14.2 Å². The Bertz CT molecular complexity index is 1170. The molecular formula is C25H27ClFN5O5. The van der Waals surface area contributed by atoms with Gasteiger partial charge in [0, 0.05) is 24.9 Å². The summed E-state index contributed by atoms with van der Waals surface area (Å²) < 4.78 is 38.1. The molecule has 12 heteroatoms. The summed E-state index contributed by atoms with van der Waals surface area (Å²) in [5.74, 6) is 0.170. The molecule has 2 aromatic rings. The molecule has 37 heavy (non-hydrogen) atoms. The van der Waals surface area contributed by atoms with Gasteiger partial charge < -0.3 is 29.2 Å². The van der Waals surface area contributed by atoms with Gasteiger partial charge in [-0.15, -0.1) is 0 Å². The summed E-state index contributed by atoms with van der Waals surface area (Å²) in [6, 6.07) is 4.30. The van der Waals surface area contributed by atoms with Crippen LogP contribution in [0.4, 0.5) is 20.7 Å². The molecule has 3 fully saturated rings. The number of benzene rings is 1. The third-order valence-electron chi connectivity index (χ3n) is 6.62. The maximum atomic E-state index is 14.7. The second-order valence-electron chi connectivity index (χ2n) is 9.41. The summed E-state index contributed by atoms with van der Waals surface area (Å²) in [6.45, 7) is 4.29. The zero-order chi connectivity index (χ0) is 25.9. The lowest BCUT2D eigenvalue weighted by Crippen LogP contribution is -2.58. The van der Waals surface area contributed by atoms with Gasteiger partial charge >= 0.3 is 6.09 Å². The lowest BCUT2D eigenvalue weighted by atomic mass is 9.84. The van der Waals surface area contributed by atoms with Crippen molar-refractivity contribution in [2.75, 3.05) is 44.8 Å². The number of hydrogen-bond donors (Lipinski definition) is 1. The van der Waals surface area contributed by atoms with Gasteiger partial charge in [0.2, 0.25) is 5.75 Å². The van der Waals surface area contributed by atoms with E-state index in [4.69, 9.17) is 35.8 Å². The highest BCUT2D eigenvalue weighted by Crippen LogP contribution is 2.39. The van der Waals surface area contributed by atoms with Crippen LogP contribution in [0.3, 0.4) is 0 Å². The highest BCUT2D eigenvalue weighted by atomic mass is 35.5. The van der Waals surface area contributed by atoms with Crippen molar-refractivity contribution in [3.05, 3.63) is 34.9 Å². The Morgan fingerprint density at radius 2 is 2.05 bits per heavy atom. The molecule has 1 amide bonds. The Hall–Kier alpha value is -3.36. The molecule has 0 spiro atoms. The second-order valence-corrected chi connectivity index (χ2v) is 9.81. The van der Waals surface area contributed by atoms with Gasteiger partial charge in [-0.1, -0.05) is 11.6 Å². The molecule has 5 rings (SSSR count). The molecule has 2 unspecified atom stereocenters. The maximum absolute atomic E-state index is 14.7. The molecule has 1 aromatic heterocycles. The smallest absolute Gasteiger partial charge is 0.409 e. The summed E-state index contributed by atoms with van der Waals surface area (Å²) in [5, 5.41) is 11.9. The zero-order valence-electron chi connectivity index (χ0n) is 20.3. The van der Waals surface area contributed by atoms with E-state index >= 15 is 0 Å². The molecule has 1 aliphatic carbocycles. The average Bonchev–Trinajstić information content (AvgIpc) is 3.70. The number of rotatable bonds is 8. The van der Waals surface area contributed by atoms with Crippen LogP contribution >= 0.6 is 11.6 Å². The van der Waals surface area contributed by atoms with Gasteiger partial charge in [-0.2, -0.15) is 10.2 Å². The van der Waals surface area contributed by atoms with Crippen LogP contribution in [0.15, 0.2) is 18.5 Å². The van der Waals surface area contributed by atoms with E-state index in [9.17, 15) is 9.18 Å². The molecule has 2 aliphatic heterocycles. The number of anilines is 2. The first-order chi connectivity index (χ1) is 18.0. The Kier molecular flexibility index (Phi) is 7.48. The van der Waals surface area contributed by atoms with Crippen LogP contribution in [-0.4, -0.2) is 66.6 Å². The number of likely N-dealkylation sites (tertiary alicyclic amines) is 1. The molecule has 3 aliphatic rings. The van der Waals surface area contributed by atoms with Crippen molar-refractivity contribution in [1.82, 2.24) is 14.9 Å². The van der Waals surface area contributed by atoms with Crippen LogP contribution in [0, 0.1) is 34.9 Å². The number of nitrogens with one attached hydrogen (secondary N) is 1. The van der Waals surface area contributed by atoms with Crippen molar-refractivity contribution < 1.29 is 28.1 Å². The molecule has 2 saturated heterocycles. The summed E-state index contributed by atoms with van der Waals surface area (Å²) in [6.07, 6.45) is 2.94. The minimum absolute atomic E-state index is 0.0210. The van der Waals surface area contributed by atoms with Crippen LogP contribution in [-0.2, 0) is 9.47 Å². The Labute approximate surface area is 218 Å². The first-order valence-corrected chi connectivity index (χ1v) is 12.6. The lowest BCUT2D eigenvalue weighted by Gasteiger charge is -2.45. The van der Waals surface area contributed by atoms with E-state index in [1.54, 1.807) is 11.8 Å². The predicted octanol–water partition coefficient (Wildman–Crippen LogP) is 4.16. The number of aromatic nitrogens is 2. The SMILES string of the molecule is CCOc1c(Nc2c(F)cc(C#N)cc2Cl)ncnc1OC1C2COCC1CN(C(=O)OCC1CC1)C2. The van der Waals surface area contributed by atoms with Crippen molar-refractivity contribution in [3.8, 4) is 17.7 Å². The van der Waals surface area contributed by atoms with Gasteiger partial charge in [-0.05, 0) is 37.8 Å². The Morgan fingerprint density at radius 1 is 1.30 bits per heavy atom. The summed E-state index contributed by atoms with van der Waals surface area (Å²) >= 11 is 6.21. The van der Waals surface area contributed by atoms with E-state index in [0.29, 0.717) is 38.8 Å². The predicted molar refractivity (Wildman–Crippen MR) is 130 cm³/mol. The summed E-state index contributed by atoms with van der Waals surface area (Å²) in [7, 11) is 0. The molecule has 2 bridgehead atoms. The van der Waals surface area contributed by atoms with Gasteiger partial charge in [0.1, 0.15) is 18.2 Å². The highest BCUT2D eigenvalue weighted by Gasteiger charge is 2.44. The highest BCUT2D eigenvalue weighted by molar-refractivity contribution is 6.33. The number of hydrogen-bond acceptors (Lipinski definition) is 9. The number of ether oxygens (including phenoxy) is 4. The molecule has 1 N–H and O–H groups in total. The molecular weight excluding hydrogens is 505 g/mol. The van der Waals surface area contributed by atoms with Crippen LogP contribution in [0.5, 0.6) is 11.6 Å². The van der Waals surface area contributed by atoms with Crippen LogP contribution in [0.25, 0.3) is 0 Å². The van der Waals surface area contributed by atoms with Crippen molar-refractivity contribution in [2.45, 2.75) is 25.9 Å². The number of carbonyl (C=O) groups excluding carboxylic acids is 1. The van der Waals surface area contributed by atoms with E-state index in [1.165, 1.54) is 12.4 Å². The monoisotopic (exact) mass is 531 g/mol. The van der Waals surface area contributed by atoms with E-state index in [1.807, 2.05) is 6.07 Å². The quantitative estimate of drug-likeness (QED) is 0.535. The first kappa shape index (κ1) is 25.3. The van der Waals surface area contributed by atoms with Gasteiger partial charge in [0.25, 0.3) is 5.88 Å². The van der Waals surface area contributed by atoms with E-state index in [2.05, 4.69) is 15.3 Å². The normalized spacial score (nSPS) is 22.6. The van der Waals surface area contributed by atoms with Crippen molar-refractivity contribution in [1.29, 1.82) is 5.26 Å². The molecule has 196 valence electrons. The average molecular weight is 532 g/mol. The van der Waals surface area contributed by atoms with Crippen molar-refractivity contribution in [3.63, 3.8) is 0 Å². The second kappa shape index (κ2) is 10.9. The third-order valence-corrected chi connectivity index (χ3v) is 6.92. The van der Waals surface area contributed by atoms with Crippen molar-refractivity contribution >= 4 is 29.2 Å². The van der Waals surface area contributed by atoms with Crippen LogP contribution in [0.2, 0.25) is 5.02 Å². The molecule has 0 radical (unpaired) electrons. The van der Waals surface area contributed by atoms with Gasteiger partial charge in [-0.3, -0.25) is 0 Å². The Morgan fingerprint density at radius 3 is 2.70 bits per heavy atom. The topological polar surface area (TPSA) is 119 Å². The minimum atomic E-state index is -0.708. The number of halogens is 2. The fourth-order valence-corrected chi connectivity index (χ4v) is 4.87. The molecule has 2 atom stereocenters. The molecule has 3 heterocycles. The number of nitriles is 1. The fourth-order valence-electron chi connectivity index (χ4n) is 4.62. The fraction of sp³-hybridized carbons (Fsp3) is 0.520. The lowest BCUT2D eigenvalue weighted by molar-refractivity contribution is -0.110. The third kappa shape index (κ3) is 5.65. The van der Waals surface area contributed by atoms with Crippen molar-refractivity contribution in [2.24, 2.45) is 17.8 Å². The summed E-state index contributed by atoms with van der Waals surface area (Å²) in [5.41, 5.74) is 0.0517. The largest absolute Gasteiger partial charge is 0.486 e. The van der Waals surface area contributed by atoms with Crippen LogP contribution < -0.4 is 14.8 Å². The first-order valence-electron chi connectivity index (χ1n) is 12.3. The number of amides is 1. The standard InChI is InChI=1S/C25H27ClFN5O5/c1-2-35-22-23(31-20-18(26)5-15(7-28)6-19(20)27)29-13-30-24(22)37-21-16-8-32(9-17(21)12-34-11-16)25(33)36-10-14-3-4-14/h5-6,13-14,16-17,21H,2-4,8-12H2,1H3,(H,29,30,31). The minimum Gasteiger partial charge on any atom is -0.486 e. The van der Waals surface area contributed by atoms with Gasteiger partial charge in [0.05, 0.1) is 48.8 Å². The molecule has 1 saturated carbocycles. The number of fused-ring (bicyclic) bond motifs is 2. The zero-order valence-corrected chi connectivity index (χ0v) is 21.0.